The highest BCUT2D eigenvalue weighted by Gasteiger charge is 2.19. The van der Waals surface area contributed by atoms with Gasteiger partial charge in [0.15, 0.2) is 6.61 Å². The van der Waals surface area contributed by atoms with Crippen molar-refractivity contribution in [3.05, 3.63) is 27.7 Å². The van der Waals surface area contributed by atoms with Crippen LogP contribution in [0.5, 0.6) is 0 Å². The van der Waals surface area contributed by atoms with Crippen LogP contribution in [0.3, 0.4) is 0 Å². The van der Waals surface area contributed by atoms with Crippen LogP contribution in [0.25, 0.3) is 0 Å². The molecular formula is C14H17Cl2N3O4. The molecule has 0 aliphatic rings. The summed E-state index contributed by atoms with van der Waals surface area (Å²) in [7, 11) is 0. The number of nitrogens with two attached hydrogens (primary N) is 1. The van der Waals surface area contributed by atoms with Gasteiger partial charge in [0.1, 0.15) is 0 Å². The van der Waals surface area contributed by atoms with Gasteiger partial charge in [0.05, 0.1) is 16.3 Å². The van der Waals surface area contributed by atoms with Gasteiger partial charge in [-0.3, -0.25) is 10.1 Å². The highest BCUT2D eigenvalue weighted by Crippen LogP contribution is 2.27. The Balaban J connectivity index is 2.60. The Kier molecular flexibility index (Phi) is 6.23. The fraction of sp³-hybridized carbons (Fsp3) is 0.357. The van der Waals surface area contributed by atoms with Crippen LogP contribution < -0.4 is 16.4 Å². The van der Waals surface area contributed by atoms with Gasteiger partial charge in [-0.05, 0) is 32.9 Å². The van der Waals surface area contributed by atoms with Crippen LogP contribution in [-0.2, 0) is 9.53 Å². The number of carbonyl (C=O) groups is 3. The Labute approximate surface area is 143 Å². The van der Waals surface area contributed by atoms with Gasteiger partial charge in [-0.15, -0.1) is 0 Å². The summed E-state index contributed by atoms with van der Waals surface area (Å²) in [6.45, 7) is 4.61. The number of esters is 1. The van der Waals surface area contributed by atoms with Gasteiger partial charge in [-0.25, -0.2) is 9.59 Å². The maximum absolute atomic E-state index is 11.9. The van der Waals surface area contributed by atoms with E-state index in [4.69, 9.17) is 33.7 Å². The van der Waals surface area contributed by atoms with E-state index < -0.39 is 30.1 Å². The predicted octanol–water partition coefficient (Wildman–Crippen LogP) is 2.36. The standard InChI is InChI=1S/C14H17Cl2N3O4/c1-14(2,3)19-13(22)18-10(20)6-23-12(21)8-4-7(15)5-9(16)11(8)17/h4-5H,6,17H2,1-3H3,(H2,18,19,20,22). The number of imide groups is 1. The zero-order valence-corrected chi connectivity index (χ0v) is 14.3. The van der Waals surface area contributed by atoms with Gasteiger partial charge < -0.3 is 15.8 Å². The molecule has 0 saturated heterocycles. The van der Waals surface area contributed by atoms with Gasteiger partial charge >= 0.3 is 12.0 Å². The Morgan fingerprint density at radius 3 is 2.39 bits per heavy atom. The highest BCUT2D eigenvalue weighted by atomic mass is 35.5. The molecular weight excluding hydrogens is 345 g/mol. The molecule has 9 heteroatoms. The number of hydrogen-bond donors (Lipinski definition) is 3. The minimum Gasteiger partial charge on any atom is -0.452 e. The number of nitrogen functional groups attached to an aromatic ring is 1. The van der Waals surface area contributed by atoms with Gasteiger partial charge in [-0.2, -0.15) is 0 Å². The number of benzene rings is 1. The van der Waals surface area contributed by atoms with Crippen LogP contribution in [0, 0.1) is 0 Å². The number of anilines is 1. The van der Waals surface area contributed by atoms with E-state index in [1.807, 2.05) is 5.32 Å². The van der Waals surface area contributed by atoms with E-state index in [2.05, 4.69) is 5.32 Å². The summed E-state index contributed by atoms with van der Waals surface area (Å²) in [5.74, 6) is -1.66. The second kappa shape index (κ2) is 7.52. The molecule has 0 aromatic heterocycles. The average Bonchev–Trinajstić information content (AvgIpc) is 2.37. The van der Waals surface area contributed by atoms with Gasteiger partial charge in [0.25, 0.3) is 5.91 Å². The van der Waals surface area contributed by atoms with Crippen molar-refractivity contribution in [1.82, 2.24) is 10.6 Å². The zero-order chi connectivity index (χ0) is 17.8. The van der Waals surface area contributed by atoms with Crippen molar-refractivity contribution in [2.24, 2.45) is 0 Å². The predicted molar refractivity (Wildman–Crippen MR) is 87.6 cm³/mol. The number of amides is 3. The number of rotatable bonds is 3. The molecule has 0 spiro atoms. The maximum atomic E-state index is 11.9. The second-order valence-corrected chi connectivity index (χ2v) is 6.52. The monoisotopic (exact) mass is 361 g/mol. The molecule has 1 aromatic rings. The van der Waals surface area contributed by atoms with Gasteiger partial charge in [-0.1, -0.05) is 23.2 Å². The number of hydrogen-bond acceptors (Lipinski definition) is 5. The molecule has 0 aliphatic heterocycles. The van der Waals surface area contributed by atoms with E-state index in [0.717, 1.165) is 0 Å². The normalized spacial score (nSPS) is 10.8. The summed E-state index contributed by atoms with van der Waals surface area (Å²) >= 11 is 11.6. The van der Waals surface area contributed by atoms with Gasteiger partial charge in [0.2, 0.25) is 0 Å². The summed E-state index contributed by atoms with van der Waals surface area (Å²) < 4.78 is 4.78. The van der Waals surface area contributed by atoms with Crippen LogP contribution in [0.1, 0.15) is 31.1 Å². The topological polar surface area (TPSA) is 111 Å². The molecule has 1 rings (SSSR count). The van der Waals surface area contributed by atoms with E-state index in [9.17, 15) is 14.4 Å². The quantitative estimate of drug-likeness (QED) is 0.565. The number of ether oxygens (including phenoxy) is 1. The Morgan fingerprint density at radius 2 is 1.83 bits per heavy atom. The summed E-state index contributed by atoms with van der Waals surface area (Å²) in [5, 5.41) is 4.85. The molecule has 3 amide bonds. The fourth-order valence-corrected chi connectivity index (χ4v) is 1.99. The number of urea groups is 1. The lowest BCUT2D eigenvalue weighted by Gasteiger charge is -2.20. The number of halogens is 2. The van der Waals surface area contributed by atoms with Crippen molar-refractivity contribution in [3.63, 3.8) is 0 Å². The van der Waals surface area contributed by atoms with Crippen LogP contribution in [0.4, 0.5) is 10.5 Å². The first-order valence-corrected chi connectivity index (χ1v) is 7.29. The molecule has 0 heterocycles. The van der Waals surface area contributed by atoms with E-state index in [-0.39, 0.29) is 21.3 Å². The van der Waals surface area contributed by atoms with Crippen molar-refractivity contribution in [2.75, 3.05) is 12.3 Å². The third-order valence-electron chi connectivity index (χ3n) is 2.39. The van der Waals surface area contributed by atoms with Crippen LogP contribution in [0.2, 0.25) is 10.0 Å². The van der Waals surface area contributed by atoms with Crippen molar-refractivity contribution < 1.29 is 19.1 Å². The molecule has 0 fully saturated rings. The fourth-order valence-electron chi connectivity index (χ4n) is 1.50. The summed E-state index contributed by atoms with van der Waals surface area (Å²) in [5.41, 5.74) is 5.08. The largest absolute Gasteiger partial charge is 0.452 e. The molecule has 0 saturated carbocycles. The smallest absolute Gasteiger partial charge is 0.340 e. The van der Waals surface area contributed by atoms with Gasteiger partial charge in [0, 0.05) is 10.6 Å². The SMILES string of the molecule is CC(C)(C)NC(=O)NC(=O)COC(=O)c1cc(Cl)cc(Cl)c1N. The molecule has 0 unspecified atom stereocenters. The summed E-state index contributed by atoms with van der Waals surface area (Å²) in [6.07, 6.45) is 0. The minimum atomic E-state index is -0.877. The highest BCUT2D eigenvalue weighted by molar-refractivity contribution is 6.37. The van der Waals surface area contributed by atoms with E-state index in [1.165, 1.54) is 12.1 Å². The molecule has 0 radical (unpaired) electrons. The lowest BCUT2D eigenvalue weighted by atomic mass is 10.1. The zero-order valence-electron chi connectivity index (χ0n) is 12.8. The van der Waals surface area contributed by atoms with Crippen molar-refractivity contribution in [1.29, 1.82) is 0 Å². The third-order valence-corrected chi connectivity index (χ3v) is 2.92. The third kappa shape index (κ3) is 6.33. The molecule has 0 aliphatic carbocycles. The minimum absolute atomic E-state index is 0.00745. The first kappa shape index (κ1) is 19.1. The van der Waals surface area contributed by atoms with E-state index >= 15 is 0 Å². The first-order valence-electron chi connectivity index (χ1n) is 6.53. The molecule has 1 aromatic carbocycles. The Hall–Kier alpha value is -1.99. The Morgan fingerprint density at radius 1 is 1.22 bits per heavy atom. The molecule has 0 atom stereocenters. The maximum Gasteiger partial charge on any atom is 0.340 e. The lowest BCUT2D eigenvalue weighted by molar-refractivity contribution is -0.123. The van der Waals surface area contributed by atoms with Crippen molar-refractivity contribution >= 4 is 46.8 Å². The molecule has 126 valence electrons. The number of carbonyl (C=O) groups excluding carboxylic acids is 3. The summed E-state index contributed by atoms with van der Waals surface area (Å²) in [6, 6.07) is 1.96. The van der Waals surface area contributed by atoms with Crippen LogP contribution >= 0.6 is 23.2 Å². The molecule has 4 N–H and O–H groups in total. The number of nitrogens with one attached hydrogen (secondary N) is 2. The van der Waals surface area contributed by atoms with Crippen LogP contribution in [0.15, 0.2) is 12.1 Å². The molecule has 0 bridgehead atoms. The first-order chi connectivity index (χ1) is 10.5. The van der Waals surface area contributed by atoms with E-state index in [1.54, 1.807) is 20.8 Å². The molecule has 23 heavy (non-hydrogen) atoms. The average molecular weight is 362 g/mol. The second-order valence-electron chi connectivity index (χ2n) is 5.68. The van der Waals surface area contributed by atoms with Crippen molar-refractivity contribution in [2.45, 2.75) is 26.3 Å². The molecule has 7 nitrogen and oxygen atoms in total. The van der Waals surface area contributed by atoms with E-state index in [0.29, 0.717) is 0 Å². The van der Waals surface area contributed by atoms with Crippen LogP contribution in [-0.4, -0.2) is 30.1 Å². The Bertz CT molecular complexity index is 642. The van der Waals surface area contributed by atoms with Crippen molar-refractivity contribution in [3.8, 4) is 0 Å². The summed E-state index contributed by atoms with van der Waals surface area (Å²) in [4.78, 5) is 34.9. The lowest BCUT2D eigenvalue weighted by Crippen LogP contribution is -2.49.